The highest BCUT2D eigenvalue weighted by Gasteiger charge is 2.31. The van der Waals surface area contributed by atoms with Crippen molar-refractivity contribution in [1.29, 1.82) is 5.26 Å². The molecule has 1 unspecified atom stereocenters. The summed E-state index contributed by atoms with van der Waals surface area (Å²) in [5.41, 5.74) is 8.37. The number of nitriles is 1. The number of halogens is 1. The zero-order valence-corrected chi connectivity index (χ0v) is 20.0. The maximum absolute atomic E-state index is 12.5. The second-order valence-electron chi connectivity index (χ2n) is 8.15. The van der Waals surface area contributed by atoms with Gasteiger partial charge in [-0.15, -0.1) is 0 Å². The maximum atomic E-state index is 12.5. The highest BCUT2D eigenvalue weighted by atomic mass is 35.5. The Balaban J connectivity index is 1.58. The Morgan fingerprint density at radius 1 is 1.09 bits per heavy atom. The summed E-state index contributed by atoms with van der Waals surface area (Å²) in [6, 6.07) is 21.4. The lowest BCUT2D eigenvalue weighted by Gasteiger charge is -2.26. The minimum atomic E-state index is -0.546. The number of fused-ring (bicyclic) bond motifs is 1. The normalized spacial score (nSPS) is 14.5. The number of ether oxygens (including phenoxy) is 3. The van der Waals surface area contributed by atoms with E-state index in [1.54, 1.807) is 36.4 Å². The molecule has 0 radical (unpaired) electrons. The van der Waals surface area contributed by atoms with Gasteiger partial charge in [-0.25, -0.2) is 4.79 Å². The molecule has 0 amide bonds. The Bertz CT molecular complexity index is 1300. The van der Waals surface area contributed by atoms with Crippen LogP contribution in [0, 0.1) is 11.3 Å². The van der Waals surface area contributed by atoms with Gasteiger partial charge in [-0.3, -0.25) is 0 Å². The molecular formula is C28H25ClN2O4. The van der Waals surface area contributed by atoms with Gasteiger partial charge in [-0.2, -0.15) is 5.26 Å². The molecular weight excluding hydrogens is 464 g/mol. The Hall–Kier alpha value is -3.95. The summed E-state index contributed by atoms with van der Waals surface area (Å²) in [5.74, 6) is 0.532. The van der Waals surface area contributed by atoms with Crippen molar-refractivity contribution >= 4 is 17.6 Å². The fourth-order valence-corrected chi connectivity index (χ4v) is 4.11. The Morgan fingerprint density at radius 2 is 1.86 bits per heavy atom. The van der Waals surface area contributed by atoms with Crippen LogP contribution in [0.2, 0.25) is 5.02 Å². The molecule has 1 aliphatic heterocycles. The third-order valence-electron chi connectivity index (χ3n) is 5.69. The molecule has 3 aromatic rings. The summed E-state index contributed by atoms with van der Waals surface area (Å²) in [6.07, 6.45) is 3.27. The molecule has 178 valence electrons. The van der Waals surface area contributed by atoms with E-state index in [1.165, 1.54) is 6.07 Å². The molecule has 1 aliphatic rings. The van der Waals surface area contributed by atoms with Crippen LogP contribution in [-0.4, -0.2) is 12.6 Å². The van der Waals surface area contributed by atoms with Crippen LogP contribution in [0.5, 0.6) is 17.2 Å². The minimum Gasteiger partial charge on any atom is -0.494 e. The number of carbonyl (C=O) groups excluding carboxylic acids is 1. The number of nitrogens with two attached hydrogens (primary N) is 1. The number of unbranched alkanes of at least 4 members (excludes halogenated alkanes) is 2. The molecule has 1 atom stereocenters. The number of esters is 1. The standard InChI is InChI=1S/C28H25ClN2O4/c1-2-3-4-14-33-21-10-8-18(9-11-21)26-23-13-12-22(16-25(23)35-27(31)24(26)17-30)34-28(32)19-6-5-7-20(29)15-19/h5-13,15-16,26H,2-4,14,31H2,1H3. The molecule has 4 rings (SSSR count). The van der Waals surface area contributed by atoms with E-state index in [9.17, 15) is 10.1 Å². The van der Waals surface area contributed by atoms with E-state index < -0.39 is 11.9 Å². The van der Waals surface area contributed by atoms with Gasteiger partial charge in [0.05, 0.1) is 18.1 Å². The molecule has 35 heavy (non-hydrogen) atoms. The third kappa shape index (κ3) is 5.59. The molecule has 0 aliphatic carbocycles. The fraction of sp³-hybridized carbons (Fsp3) is 0.214. The predicted molar refractivity (Wildman–Crippen MR) is 134 cm³/mol. The lowest BCUT2D eigenvalue weighted by Crippen LogP contribution is -2.21. The smallest absolute Gasteiger partial charge is 0.343 e. The SMILES string of the molecule is CCCCCOc1ccc(C2C(C#N)=C(N)Oc3cc(OC(=O)c4cccc(Cl)c4)ccc32)cc1. The molecule has 0 spiro atoms. The molecule has 3 aromatic carbocycles. The molecule has 1 heterocycles. The molecule has 0 bridgehead atoms. The number of rotatable bonds is 8. The third-order valence-corrected chi connectivity index (χ3v) is 5.93. The Morgan fingerprint density at radius 3 is 2.57 bits per heavy atom. The number of hydrogen-bond acceptors (Lipinski definition) is 6. The van der Waals surface area contributed by atoms with Crippen molar-refractivity contribution in [1.82, 2.24) is 0 Å². The molecule has 0 saturated carbocycles. The molecule has 0 saturated heterocycles. The van der Waals surface area contributed by atoms with Gasteiger partial charge in [0, 0.05) is 16.7 Å². The maximum Gasteiger partial charge on any atom is 0.343 e. The topological polar surface area (TPSA) is 94.6 Å². The average Bonchev–Trinajstić information content (AvgIpc) is 2.86. The number of benzene rings is 3. The summed E-state index contributed by atoms with van der Waals surface area (Å²) in [7, 11) is 0. The largest absolute Gasteiger partial charge is 0.494 e. The van der Waals surface area contributed by atoms with Crippen molar-refractivity contribution in [3.05, 3.63) is 99.9 Å². The van der Waals surface area contributed by atoms with Gasteiger partial charge >= 0.3 is 5.97 Å². The summed E-state index contributed by atoms with van der Waals surface area (Å²) in [4.78, 5) is 12.5. The molecule has 2 N–H and O–H groups in total. The van der Waals surface area contributed by atoms with E-state index in [1.807, 2.05) is 24.3 Å². The monoisotopic (exact) mass is 488 g/mol. The first kappa shape index (κ1) is 24.2. The van der Waals surface area contributed by atoms with Crippen molar-refractivity contribution in [3.63, 3.8) is 0 Å². The second kappa shape index (κ2) is 11.0. The molecule has 6 nitrogen and oxygen atoms in total. The van der Waals surface area contributed by atoms with Crippen molar-refractivity contribution in [2.45, 2.75) is 32.1 Å². The van der Waals surface area contributed by atoms with Crippen LogP contribution in [0.3, 0.4) is 0 Å². The van der Waals surface area contributed by atoms with E-state index in [-0.39, 0.29) is 11.6 Å². The lowest BCUT2D eigenvalue weighted by atomic mass is 9.83. The van der Waals surface area contributed by atoms with Gasteiger partial charge < -0.3 is 19.9 Å². The van der Waals surface area contributed by atoms with Crippen molar-refractivity contribution in [2.24, 2.45) is 5.73 Å². The van der Waals surface area contributed by atoms with E-state index >= 15 is 0 Å². The number of hydrogen-bond donors (Lipinski definition) is 1. The van der Waals surface area contributed by atoms with Gasteiger partial charge in [0.2, 0.25) is 5.88 Å². The van der Waals surface area contributed by atoms with Gasteiger partial charge in [-0.1, -0.05) is 55.6 Å². The van der Waals surface area contributed by atoms with Gasteiger partial charge in [0.25, 0.3) is 0 Å². The summed E-state index contributed by atoms with van der Waals surface area (Å²) in [5, 5.41) is 10.2. The Labute approximate surface area is 209 Å². The first-order chi connectivity index (χ1) is 17.0. The number of allylic oxidation sites excluding steroid dienone is 1. The molecule has 0 fully saturated rings. The highest BCUT2D eigenvalue weighted by molar-refractivity contribution is 6.30. The number of nitrogens with zero attached hydrogens (tertiary/aromatic N) is 1. The average molecular weight is 489 g/mol. The van der Waals surface area contributed by atoms with Crippen LogP contribution < -0.4 is 19.9 Å². The van der Waals surface area contributed by atoms with Crippen LogP contribution in [-0.2, 0) is 0 Å². The second-order valence-corrected chi connectivity index (χ2v) is 8.59. The lowest BCUT2D eigenvalue weighted by molar-refractivity contribution is 0.0734. The van der Waals surface area contributed by atoms with Crippen molar-refractivity contribution in [2.75, 3.05) is 6.61 Å². The van der Waals surface area contributed by atoms with Crippen LogP contribution in [0.1, 0.15) is 53.6 Å². The predicted octanol–water partition coefficient (Wildman–Crippen LogP) is 6.35. The first-order valence-corrected chi connectivity index (χ1v) is 11.8. The van der Waals surface area contributed by atoms with Crippen LogP contribution in [0.25, 0.3) is 0 Å². The summed E-state index contributed by atoms with van der Waals surface area (Å²) < 4.78 is 17.0. The van der Waals surface area contributed by atoms with E-state index in [4.69, 9.17) is 31.5 Å². The highest BCUT2D eigenvalue weighted by Crippen LogP contribution is 2.43. The minimum absolute atomic E-state index is 0.0169. The van der Waals surface area contributed by atoms with E-state index in [0.29, 0.717) is 28.5 Å². The number of carbonyl (C=O) groups is 1. The van der Waals surface area contributed by atoms with Crippen LogP contribution in [0.15, 0.2) is 78.2 Å². The van der Waals surface area contributed by atoms with E-state index in [0.717, 1.165) is 36.1 Å². The van der Waals surface area contributed by atoms with E-state index in [2.05, 4.69) is 13.0 Å². The van der Waals surface area contributed by atoms with Gasteiger partial charge in [0.15, 0.2) is 0 Å². The van der Waals surface area contributed by atoms with Crippen molar-refractivity contribution in [3.8, 4) is 23.3 Å². The molecule has 0 aromatic heterocycles. The quantitative estimate of drug-likeness (QED) is 0.225. The zero-order valence-electron chi connectivity index (χ0n) is 19.3. The fourth-order valence-electron chi connectivity index (χ4n) is 3.92. The first-order valence-electron chi connectivity index (χ1n) is 11.4. The van der Waals surface area contributed by atoms with Crippen LogP contribution in [0.4, 0.5) is 0 Å². The molecule has 7 heteroatoms. The van der Waals surface area contributed by atoms with Crippen LogP contribution >= 0.6 is 11.6 Å². The Kier molecular flexibility index (Phi) is 7.59. The zero-order chi connectivity index (χ0) is 24.8. The van der Waals surface area contributed by atoms with Gasteiger partial charge in [-0.05, 0) is 48.4 Å². The van der Waals surface area contributed by atoms with Crippen molar-refractivity contribution < 1.29 is 19.0 Å². The summed E-state index contributed by atoms with van der Waals surface area (Å²) >= 11 is 5.97. The summed E-state index contributed by atoms with van der Waals surface area (Å²) in [6.45, 7) is 2.82. The van der Waals surface area contributed by atoms with Gasteiger partial charge in [0.1, 0.15) is 28.9 Å².